The van der Waals surface area contributed by atoms with Crippen LogP contribution in [0.1, 0.15) is 10.4 Å². The second-order valence-corrected chi connectivity index (χ2v) is 4.19. The van der Waals surface area contributed by atoms with Crippen molar-refractivity contribution in [3.8, 4) is 0 Å². The van der Waals surface area contributed by atoms with Crippen LogP contribution in [0.3, 0.4) is 0 Å². The van der Waals surface area contributed by atoms with Crippen LogP contribution in [-0.2, 0) is 9.47 Å². The number of anilines is 1. The number of aromatic nitrogens is 1. The summed E-state index contributed by atoms with van der Waals surface area (Å²) in [5, 5.41) is 0. The molecule has 2 rings (SSSR count). The Morgan fingerprint density at radius 2 is 2.00 bits per heavy atom. The van der Waals surface area contributed by atoms with Gasteiger partial charge >= 0.3 is 0 Å². The van der Waals surface area contributed by atoms with Gasteiger partial charge in [-0.2, -0.15) is 0 Å². The highest BCUT2D eigenvalue weighted by atomic mass is 16.5. The van der Waals surface area contributed by atoms with Crippen molar-refractivity contribution in [2.75, 3.05) is 33.0 Å². The van der Waals surface area contributed by atoms with Crippen LogP contribution in [-0.4, -0.2) is 55.3 Å². The summed E-state index contributed by atoms with van der Waals surface area (Å²) in [7, 11) is 3.23. The number of hydrogen-bond donors (Lipinski definition) is 1. The van der Waals surface area contributed by atoms with Crippen molar-refractivity contribution in [2.24, 2.45) is 0 Å². The monoisotopic (exact) mass is 251 g/mol. The summed E-state index contributed by atoms with van der Waals surface area (Å²) in [6.45, 7) is 1.00. The summed E-state index contributed by atoms with van der Waals surface area (Å²) in [4.78, 5) is 17.9. The van der Waals surface area contributed by atoms with Gasteiger partial charge < -0.3 is 20.1 Å². The van der Waals surface area contributed by atoms with Gasteiger partial charge in [0.1, 0.15) is 18.0 Å². The summed E-state index contributed by atoms with van der Waals surface area (Å²) in [6, 6.07) is 3.37. The molecule has 18 heavy (non-hydrogen) atoms. The average Bonchev–Trinajstić information content (AvgIpc) is 2.81. The number of hydrogen-bond acceptors (Lipinski definition) is 5. The first-order chi connectivity index (χ1) is 8.67. The van der Waals surface area contributed by atoms with E-state index in [2.05, 4.69) is 4.98 Å². The molecule has 1 fully saturated rings. The van der Waals surface area contributed by atoms with Gasteiger partial charge in [-0.1, -0.05) is 0 Å². The van der Waals surface area contributed by atoms with Crippen LogP contribution in [0.5, 0.6) is 0 Å². The lowest BCUT2D eigenvalue weighted by Crippen LogP contribution is -2.30. The Kier molecular flexibility index (Phi) is 3.78. The molecule has 0 aromatic carbocycles. The van der Waals surface area contributed by atoms with Crippen LogP contribution < -0.4 is 5.73 Å². The Bertz CT molecular complexity index is 426. The van der Waals surface area contributed by atoms with E-state index in [1.54, 1.807) is 37.4 Å². The third-order valence-corrected chi connectivity index (χ3v) is 3.18. The van der Waals surface area contributed by atoms with Gasteiger partial charge in [0.05, 0.1) is 5.56 Å². The Morgan fingerprint density at radius 1 is 1.39 bits per heavy atom. The summed E-state index contributed by atoms with van der Waals surface area (Å²) < 4.78 is 10.6. The molecule has 1 saturated heterocycles. The van der Waals surface area contributed by atoms with Crippen molar-refractivity contribution in [1.29, 1.82) is 0 Å². The average molecular weight is 251 g/mol. The van der Waals surface area contributed by atoms with Gasteiger partial charge in [-0.3, -0.25) is 4.79 Å². The highest BCUT2D eigenvalue weighted by Gasteiger charge is 2.36. The minimum absolute atomic E-state index is 0.100. The van der Waals surface area contributed by atoms with Crippen molar-refractivity contribution in [1.82, 2.24) is 9.88 Å². The minimum Gasteiger partial charge on any atom is -0.383 e. The van der Waals surface area contributed by atoms with Gasteiger partial charge in [0.15, 0.2) is 0 Å². The SMILES string of the molecule is COC1CN(C(=O)c2cccnc2N)CC1OC. The quantitative estimate of drug-likeness (QED) is 0.827. The number of carbonyl (C=O) groups excluding carboxylic acids is 1. The Labute approximate surface area is 106 Å². The maximum Gasteiger partial charge on any atom is 0.257 e. The van der Waals surface area contributed by atoms with E-state index in [9.17, 15) is 4.79 Å². The van der Waals surface area contributed by atoms with E-state index < -0.39 is 0 Å². The van der Waals surface area contributed by atoms with Crippen LogP contribution in [0.25, 0.3) is 0 Å². The fraction of sp³-hybridized carbons (Fsp3) is 0.500. The second-order valence-electron chi connectivity index (χ2n) is 4.19. The molecule has 98 valence electrons. The highest BCUT2D eigenvalue weighted by Crippen LogP contribution is 2.19. The molecule has 6 heteroatoms. The largest absolute Gasteiger partial charge is 0.383 e. The van der Waals surface area contributed by atoms with E-state index in [4.69, 9.17) is 15.2 Å². The first kappa shape index (κ1) is 12.8. The van der Waals surface area contributed by atoms with Gasteiger partial charge in [-0.25, -0.2) is 4.98 Å². The molecular weight excluding hydrogens is 234 g/mol. The van der Waals surface area contributed by atoms with Crippen LogP contribution in [0.15, 0.2) is 18.3 Å². The second kappa shape index (κ2) is 5.32. The minimum atomic E-state index is -0.137. The lowest BCUT2D eigenvalue weighted by Gasteiger charge is -2.16. The van der Waals surface area contributed by atoms with Gasteiger partial charge in [-0.15, -0.1) is 0 Å². The Hall–Kier alpha value is -1.66. The number of nitrogens with zero attached hydrogens (tertiary/aromatic N) is 2. The number of pyridine rings is 1. The number of methoxy groups -OCH3 is 2. The van der Waals surface area contributed by atoms with Crippen LogP contribution in [0, 0.1) is 0 Å². The topological polar surface area (TPSA) is 77.7 Å². The zero-order valence-corrected chi connectivity index (χ0v) is 10.5. The standard InChI is InChI=1S/C12H17N3O3/c1-17-9-6-15(7-10(9)18-2)12(16)8-4-3-5-14-11(8)13/h3-5,9-10H,6-7H2,1-2H3,(H2,13,14). The van der Waals surface area contributed by atoms with Crippen LogP contribution in [0.2, 0.25) is 0 Å². The van der Waals surface area contributed by atoms with Crippen molar-refractivity contribution in [3.63, 3.8) is 0 Å². The van der Waals surface area contributed by atoms with Gasteiger partial charge in [-0.05, 0) is 12.1 Å². The van der Waals surface area contributed by atoms with E-state index >= 15 is 0 Å². The molecule has 2 atom stereocenters. The molecule has 0 bridgehead atoms. The van der Waals surface area contributed by atoms with E-state index in [-0.39, 0.29) is 23.9 Å². The van der Waals surface area contributed by atoms with Crippen LogP contribution >= 0.6 is 0 Å². The van der Waals surface area contributed by atoms with Crippen molar-refractivity contribution in [3.05, 3.63) is 23.9 Å². The first-order valence-electron chi connectivity index (χ1n) is 5.72. The fourth-order valence-corrected chi connectivity index (χ4v) is 2.13. The normalized spacial score (nSPS) is 23.3. The third-order valence-electron chi connectivity index (χ3n) is 3.18. The van der Waals surface area contributed by atoms with E-state index in [0.29, 0.717) is 18.7 Å². The van der Waals surface area contributed by atoms with E-state index in [1.807, 2.05) is 0 Å². The molecule has 1 amide bonds. The highest BCUT2D eigenvalue weighted by molar-refractivity contribution is 5.98. The molecule has 2 unspecified atom stereocenters. The maximum atomic E-state index is 12.3. The molecule has 0 radical (unpaired) electrons. The van der Waals surface area contributed by atoms with Crippen LogP contribution in [0.4, 0.5) is 5.82 Å². The summed E-state index contributed by atoms with van der Waals surface area (Å²) in [6.07, 6.45) is 1.36. The molecule has 1 aromatic heterocycles. The molecule has 1 aliphatic heterocycles. The number of nitrogens with two attached hydrogens (primary N) is 1. The van der Waals surface area contributed by atoms with Crippen molar-refractivity contribution >= 4 is 11.7 Å². The number of carbonyl (C=O) groups is 1. The molecule has 2 heterocycles. The zero-order chi connectivity index (χ0) is 13.1. The summed E-state index contributed by atoms with van der Waals surface area (Å²) >= 11 is 0. The third kappa shape index (κ3) is 2.30. The predicted molar refractivity (Wildman–Crippen MR) is 66.1 cm³/mol. The first-order valence-corrected chi connectivity index (χ1v) is 5.72. The molecule has 0 saturated carbocycles. The van der Waals surface area contributed by atoms with Gasteiger partial charge in [0.25, 0.3) is 5.91 Å². The smallest absolute Gasteiger partial charge is 0.257 e. The molecule has 6 nitrogen and oxygen atoms in total. The zero-order valence-electron chi connectivity index (χ0n) is 10.5. The summed E-state index contributed by atoms with van der Waals surface area (Å²) in [5.74, 6) is 0.111. The maximum absolute atomic E-state index is 12.3. The lowest BCUT2D eigenvalue weighted by molar-refractivity contribution is -0.00461. The van der Waals surface area contributed by atoms with E-state index in [0.717, 1.165) is 0 Å². The number of ether oxygens (including phenoxy) is 2. The number of nitrogen functional groups attached to an aromatic ring is 1. The summed E-state index contributed by atoms with van der Waals surface area (Å²) in [5.41, 5.74) is 6.12. The van der Waals surface area contributed by atoms with Crippen molar-refractivity contribution in [2.45, 2.75) is 12.2 Å². The van der Waals surface area contributed by atoms with E-state index in [1.165, 1.54) is 0 Å². The number of rotatable bonds is 3. The molecule has 0 spiro atoms. The molecular formula is C12H17N3O3. The molecule has 0 aliphatic carbocycles. The number of amides is 1. The fourth-order valence-electron chi connectivity index (χ4n) is 2.13. The van der Waals surface area contributed by atoms with Gasteiger partial charge in [0.2, 0.25) is 0 Å². The molecule has 1 aliphatic rings. The molecule has 1 aromatic rings. The Balaban J connectivity index is 2.14. The predicted octanol–water partition coefficient (Wildman–Crippen LogP) is 0.150. The van der Waals surface area contributed by atoms with Gasteiger partial charge in [0, 0.05) is 33.5 Å². The lowest BCUT2D eigenvalue weighted by atomic mass is 10.2. The Morgan fingerprint density at radius 3 is 2.50 bits per heavy atom. The van der Waals surface area contributed by atoms with Crippen molar-refractivity contribution < 1.29 is 14.3 Å². The number of likely N-dealkylation sites (tertiary alicyclic amines) is 1. The molecule has 2 N–H and O–H groups in total.